The maximum Gasteiger partial charge on any atom is 0.179 e. The van der Waals surface area contributed by atoms with E-state index in [0.29, 0.717) is 0 Å². The molecule has 2 heteroatoms. The van der Waals surface area contributed by atoms with Crippen molar-refractivity contribution < 1.29 is 0 Å². The van der Waals surface area contributed by atoms with Crippen molar-refractivity contribution in [2.75, 3.05) is 5.32 Å². The van der Waals surface area contributed by atoms with Crippen LogP contribution in [-0.2, 0) is 0 Å². The van der Waals surface area contributed by atoms with Gasteiger partial charge in [-0.3, -0.25) is 0 Å². The van der Waals surface area contributed by atoms with Crippen molar-refractivity contribution in [3.05, 3.63) is 194 Å². The first kappa shape index (κ1) is 27.4. The van der Waals surface area contributed by atoms with E-state index >= 15 is 0 Å². The van der Waals surface area contributed by atoms with Gasteiger partial charge in [-0.15, -0.1) is 0 Å². The Bertz CT molecular complexity index is 1820. The summed E-state index contributed by atoms with van der Waals surface area (Å²) in [5.41, 5.74) is 7.02. The van der Waals surface area contributed by atoms with Crippen LogP contribution in [0, 0.1) is 0 Å². The largest absolute Gasteiger partial charge is 0.356 e. The number of rotatable bonds is 8. The number of anilines is 2. The van der Waals surface area contributed by atoms with E-state index in [4.69, 9.17) is 0 Å². The molecule has 0 saturated heterocycles. The molecule has 44 heavy (non-hydrogen) atoms. The van der Waals surface area contributed by atoms with Crippen LogP contribution in [0.25, 0.3) is 22.3 Å². The number of benzene rings is 7. The smallest absolute Gasteiger partial charge is 0.179 e. The lowest BCUT2D eigenvalue weighted by atomic mass is 10.0. The van der Waals surface area contributed by atoms with Crippen LogP contribution in [0.1, 0.15) is 0 Å². The summed E-state index contributed by atoms with van der Waals surface area (Å²) in [7, 11) is -2.51. The highest BCUT2D eigenvalue weighted by Crippen LogP contribution is 2.27. The van der Waals surface area contributed by atoms with E-state index in [2.05, 4.69) is 181 Å². The van der Waals surface area contributed by atoms with Crippen LogP contribution in [0.2, 0.25) is 0 Å². The summed E-state index contributed by atoms with van der Waals surface area (Å²) in [6.07, 6.45) is 0. The predicted octanol–water partition coefficient (Wildman–Crippen LogP) is 8.14. The molecule has 1 nitrogen and oxygen atoms in total. The Morgan fingerprint density at radius 3 is 0.909 bits per heavy atom. The average molecular weight is 580 g/mol. The molecule has 0 amide bonds. The quantitative estimate of drug-likeness (QED) is 0.142. The molecule has 0 spiro atoms. The molecule has 0 radical (unpaired) electrons. The Kier molecular flexibility index (Phi) is 7.74. The second-order valence-corrected chi connectivity index (χ2v) is 14.9. The second kappa shape index (κ2) is 12.4. The minimum Gasteiger partial charge on any atom is -0.356 e. The van der Waals surface area contributed by atoms with Gasteiger partial charge in [-0.1, -0.05) is 170 Å². The van der Waals surface area contributed by atoms with Crippen LogP contribution in [0.4, 0.5) is 11.4 Å². The zero-order valence-electron chi connectivity index (χ0n) is 24.5. The Hall–Kier alpha value is -5.44. The van der Waals surface area contributed by atoms with Crippen molar-refractivity contribution in [1.29, 1.82) is 0 Å². The third kappa shape index (κ3) is 5.40. The summed E-state index contributed by atoms with van der Waals surface area (Å²) in [6, 6.07) is 70.3. The molecule has 0 aromatic heterocycles. The van der Waals surface area contributed by atoms with Crippen LogP contribution in [0.3, 0.4) is 0 Å². The van der Waals surface area contributed by atoms with Crippen LogP contribution in [0.5, 0.6) is 0 Å². The molecule has 1 N–H and O–H groups in total. The molecule has 7 rings (SSSR count). The lowest BCUT2D eigenvalue weighted by Gasteiger charge is -2.34. The van der Waals surface area contributed by atoms with Crippen molar-refractivity contribution in [3.8, 4) is 22.3 Å². The average Bonchev–Trinajstić information content (AvgIpc) is 3.11. The van der Waals surface area contributed by atoms with E-state index in [1.54, 1.807) is 0 Å². The van der Waals surface area contributed by atoms with Crippen LogP contribution >= 0.6 is 0 Å². The van der Waals surface area contributed by atoms with Gasteiger partial charge in [0.25, 0.3) is 0 Å². The highest BCUT2D eigenvalue weighted by atomic mass is 28.3. The zero-order valence-corrected chi connectivity index (χ0v) is 25.5. The topological polar surface area (TPSA) is 12.0 Å². The molecule has 7 aromatic rings. The van der Waals surface area contributed by atoms with Crippen LogP contribution in [0.15, 0.2) is 194 Å². The monoisotopic (exact) mass is 579 g/mol. The van der Waals surface area contributed by atoms with Gasteiger partial charge < -0.3 is 5.32 Å². The summed E-state index contributed by atoms with van der Waals surface area (Å²) in [6.45, 7) is 0. The fourth-order valence-electron chi connectivity index (χ4n) is 6.27. The summed E-state index contributed by atoms with van der Waals surface area (Å²) in [5, 5.41) is 9.01. The Morgan fingerprint density at radius 2 is 0.523 bits per heavy atom. The van der Waals surface area contributed by atoms with Gasteiger partial charge >= 0.3 is 0 Å². The SMILES string of the molecule is c1ccc(Nc2ccc(-c3ccc(-c4ccc([Si](c5ccccc5)(c5ccccc5)c5ccccc5)cc4)cc3)cc2)cc1. The fourth-order valence-corrected chi connectivity index (χ4v) is 11.0. The summed E-state index contributed by atoms with van der Waals surface area (Å²) in [5.74, 6) is 0. The van der Waals surface area contributed by atoms with E-state index in [9.17, 15) is 0 Å². The maximum absolute atomic E-state index is 3.46. The summed E-state index contributed by atoms with van der Waals surface area (Å²) >= 11 is 0. The molecule has 0 saturated carbocycles. The standard InChI is InChI=1S/C42H33NSi/c1-5-13-37(14-6-1)43-38-29-25-35(26-30-38)33-21-23-34(24-22-33)36-27-31-42(32-28-36)44(39-15-7-2-8-16-39,40-17-9-3-10-18-40)41-19-11-4-12-20-41/h1-32,43H. The first-order valence-electron chi connectivity index (χ1n) is 15.1. The number of para-hydroxylation sites is 1. The molecule has 0 aliphatic carbocycles. The zero-order chi connectivity index (χ0) is 29.6. The van der Waals surface area contributed by atoms with E-state index < -0.39 is 8.07 Å². The highest BCUT2D eigenvalue weighted by Gasteiger charge is 2.41. The predicted molar refractivity (Wildman–Crippen MR) is 191 cm³/mol. The first-order valence-corrected chi connectivity index (χ1v) is 17.1. The summed E-state index contributed by atoms with van der Waals surface area (Å²) < 4.78 is 0. The van der Waals surface area contributed by atoms with Crippen LogP contribution < -0.4 is 26.1 Å². The van der Waals surface area contributed by atoms with E-state index in [0.717, 1.165) is 11.4 Å². The number of hydrogen-bond acceptors (Lipinski definition) is 1. The molecule has 7 aromatic carbocycles. The van der Waals surface area contributed by atoms with E-state index in [1.165, 1.54) is 43.0 Å². The molecular weight excluding hydrogens is 547 g/mol. The lowest BCUT2D eigenvalue weighted by Crippen LogP contribution is -2.74. The van der Waals surface area contributed by atoms with Crippen molar-refractivity contribution in [1.82, 2.24) is 0 Å². The van der Waals surface area contributed by atoms with Crippen molar-refractivity contribution in [2.24, 2.45) is 0 Å². The molecular formula is C42H33NSi. The molecule has 0 fully saturated rings. The van der Waals surface area contributed by atoms with Gasteiger partial charge in [0.2, 0.25) is 0 Å². The Labute approximate surface area is 261 Å². The van der Waals surface area contributed by atoms with Gasteiger partial charge in [-0.05, 0) is 67.3 Å². The Morgan fingerprint density at radius 1 is 0.250 bits per heavy atom. The molecule has 0 heterocycles. The van der Waals surface area contributed by atoms with E-state index in [-0.39, 0.29) is 0 Å². The number of nitrogens with one attached hydrogen (secondary N) is 1. The molecule has 0 unspecified atom stereocenters. The van der Waals surface area contributed by atoms with Gasteiger partial charge in [-0.2, -0.15) is 0 Å². The molecule has 0 aliphatic rings. The Balaban J connectivity index is 1.20. The molecule has 0 aliphatic heterocycles. The van der Waals surface area contributed by atoms with Gasteiger partial charge in [0.1, 0.15) is 0 Å². The first-order chi connectivity index (χ1) is 21.8. The minimum atomic E-state index is -2.51. The minimum absolute atomic E-state index is 1.08. The lowest BCUT2D eigenvalue weighted by molar-refractivity contribution is 1.54. The van der Waals surface area contributed by atoms with Gasteiger partial charge in [0, 0.05) is 11.4 Å². The van der Waals surface area contributed by atoms with Crippen molar-refractivity contribution in [2.45, 2.75) is 0 Å². The van der Waals surface area contributed by atoms with E-state index in [1.807, 2.05) is 18.2 Å². The third-order valence-electron chi connectivity index (χ3n) is 8.44. The molecule has 0 bridgehead atoms. The van der Waals surface area contributed by atoms with Crippen LogP contribution in [-0.4, -0.2) is 8.07 Å². The highest BCUT2D eigenvalue weighted by molar-refractivity contribution is 7.19. The maximum atomic E-state index is 3.46. The number of hydrogen-bond donors (Lipinski definition) is 1. The van der Waals surface area contributed by atoms with Gasteiger partial charge in [0.15, 0.2) is 8.07 Å². The summed E-state index contributed by atoms with van der Waals surface area (Å²) in [4.78, 5) is 0. The van der Waals surface area contributed by atoms with Gasteiger partial charge in [0.05, 0.1) is 0 Å². The molecule has 210 valence electrons. The molecule has 0 atom stereocenters. The normalized spacial score (nSPS) is 11.2. The van der Waals surface area contributed by atoms with Crippen molar-refractivity contribution >= 4 is 40.2 Å². The van der Waals surface area contributed by atoms with Gasteiger partial charge in [-0.25, -0.2) is 0 Å². The van der Waals surface area contributed by atoms with Crippen molar-refractivity contribution in [3.63, 3.8) is 0 Å². The second-order valence-electron chi connectivity index (χ2n) is 11.1. The third-order valence-corrected chi connectivity index (χ3v) is 13.2. The fraction of sp³-hybridized carbons (Fsp3) is 0.